The first-order valence-electron chi connectivity index (χ1n) is 6.75. The summed E-state index contributed by atoms with van der Waals surface area (Å²) in [4.78, 5) is 8.77. The summed E-state index contributed by atoms with van der Waals surface area (Å²) in [5.41, 5.74) is 2.80. The molecule has 3 nitrogen and oxygen atoms in total. The Hall–Kier alpha value is -2.10. The van der Waals surface area contributed by atoms with Gasteiger partial charge in [-0.3, -0.25) is 0 Å². The van der Waals surface area contributed by atoms with Crippen molar-refractivity contribution >= 4 is 34.7 Å². The van der Waals surface area contributed by atoms with Crippen LogP contribution in [-0.2, 0) is 0 Å². The lowest BCUT2D eigenvalue weighted by molar-refractivity contribution is 1.17. The van der Waals surface area contributed by atoms with Gasteiger partial charge in [-0.15, -0.1) is 0 Å². The van der Waals surface area contributed by atoms with Crippen molar-refractivity contribution in [1.82, 2.24) is 9.97 Å². The number of benzene rings is 2. The van der Waals surface area contributed by atoms with Gasteiger partial charge in [-0.25, -0.2) is 9.97 Å². The lowest BCUT2D eigenvalue weighted by atomic mass is 10.2. The van der Waals surface area contributed by atoms with Gasteiger partial charge < -0.3 is 5.32 Å². The second-order valence-corrected chi connectivity index (χ2v) is 5.67. The number of aromatic nitrogens is 2. The topological polar surface area (TPSA) is 37.8 Å². The number of anilines is 2. The zero-order valence-corrected chi connectivity index (χ0v) is 13.4. The summed E-state index contributed by atoms with van der Waals surface area (Å²) < 4.78 is 0. The molecule has 0 aliphatic carbocycles. The lowest BCUT2D eigenvalue weighted by Gasteiger charge is -2.10. The monoisotopic (exact) mass is 329 g/mol. The molecular weight excluding hydrogens is 317 g/mol. The fraction of sp³-hybridized carbons (Fsp3) is 0.0588. The van der Waals surface area contributed by atoms with E-state index in [9.17, 15) is 0 Å². The van der Waals surface area contributed by atoms with Crippen LogP contribution in [-0.4, -0.2) is 9.97 Å². The molecule has 5 heteroatoms. The minimum Gasteiger partial charge on any atom is -0.339 e. The molecule has 1 aromatic heterocycles. The molecule has 3 rings (SSSR count). The van der Waals surface area contributed by atoms with Crippen molar-refractivity contribution in [2.24, 2.45) is 0 Å². The highest BCUT2D eigenvalue weighted by molar-refractivity contribution is 6.33. The molecule has 0 fully saturated rings. The maximum atomic E-state index is 6.20. The Morgan fingerprint density at radius 3 is 2.45 bits per heavy atom. The van der Waals surface area contributed by atoms with Crippen molar-refractivity contribution in [3.05, 3.63) is 70.3 Å². The zero-order chi connectivity index (χ0) is 15.5. The van der Waals surface area contributed by atoms with Crippen molar-refractivity contribution in [3.8, 4) is 11.4 Å². The standard InChI is InChI=1S/C17H13Cl2N3/c1-11-7-8-13(18)14(9-11)20-16-10-15(19)21-17(22-16)12-5-3-2-4-6-12/h2-10H,1H3,(H,20,21,22). The smallest absolute Gasteiger partial charge is 0.163 e. The van der Waals surface area contributed by atoms with Gasteiger partial charge in [0, 0.05) is 11.6 Å². The van der Waals surface area contributed by atoms with Crippen LogP contribution in [0.2, 0.25) is 10.2 Å². The van der Waals surface area contributed by atoms with Crippen LogP contribution in [0.5, 0.6) is 0 Å². The van der Waals surface area contributed by atoms with E-state index in [2.05, 4.69) is 15.3 Å². The first-order valence-corrected chi connectivity index (χ1v) is 7.50. The van der Waals surface area contributed by atoms with Crippen LogP contribution in [0, 0.1) is 6.92 Å². The predicted octanol–water partition coefficient (Wildman–Crippen LogP) is 5.50. The van der Waals surface area contributed by atoms with Crippen molar-refractivity contribution in [3.63, 3.8) is 0 Å². The largest absolute Gasteiger partial charge is 0.339 e. The molecule has 0 aliphatic heterocycles. The van der Waals surface area contributed by atoms with Crippen molar-refractivity contribution in [2.75, 3.05) is 5.32 Å². The Kier molecular flexibility index (Phi) is 4.27. The molecule has 0 spiro atoms. The maximum Gasteiger partial charge on any atom is 0.163 e. The van der Waals surface area contributed by atoms with Crippen LogP contribution in [0.4, 0.5) is 11.5 Å². The van der Waals surface area contributed by atoms with Crippen molar-refractivity contribution < 1.29 is 0 Å². The first kappa shape index (κ1) is 14.8. The van der Waals surface area contributed by atoms with Gasteiger partial charge in [-0.1, -0.05) is 59.6 Å². The van der Waals surface area contributed by atoms with E-state index in [0.29, 0.717) is 21.8 Å². The molecule has 0 atom stereocenters. The minimum absolute atomic E-state index is 0.375. The fourth-order valence-corrected chi connectivity index (χ4v) is 2.42. The molecular formula is C17H13Cl2N3. The van der Waals surface area contributed by atoms with Gasteiger partial charge >= 0.3 is 0 Å². The van der Waals surface area contributed by atoms with E-state index in [0.717, 1.165) is 16.8 Å². The molecule has 0 bridgehead atoms. The van der Waals surface area contributed by atoms with Gasteiger partial charge in [-0.2, -0.15) is 0 Å². The van der Waals surface area contributed by atoms with E-state index < -0.39 is 0 Å². The highest BCUT2D eigenvalue weighted by Gasteiger charge is 2.07. The molecule has 2 aromatic carbocycles. The van der Waals surface area contributed by atoms with Gasteiger partial charge in [-0.05, 0) is 24.6 Å². The summed E-state index contributed by atoms with van der Waals surface area (Å²) >= 11 is 12.3. The molecule has 3 aromatic rings. The molecule has 0 amide bonds. The number of nitrogens with one attached hydrogen (secondary N) is 1. The van der Waals surface area contributed by atoms with Crippen LogP contribution in [0.25, 0.3) is 11.4 Å². The highest BCUT2D eigenvalue weighted by atomic mass is 35.5. The van der Waals surface area contributed by atoms with Crippen LogP contribution >= 0.6 is 23.2 Å². The van der Waals surface area contributed by atoms with E-state index >= 15 is 0 Å². The van der Waals surface area contributed by atoms with E-state index in [-0.39, 0.29) is 0 Å². The number of aryl methyl sites for hydroxylation is 1. The summed E-state index contributed by atoms with van der Waals surface area (Å²) in [6, 6.07) is 17.1. The van der Waals surface area contributed by atoms with E-state index in [1.54, 1.807) is 6.07 Å². The second-order valence-electron chi connectivity index (χ2n) is 4.87. The number of hydrogen-bond donors (Lipinski definition) is 1. The summed E-state index contributed by atoms with van der Waals surface area (Å²) in [6.07, 6.45) is 0. The molecule has 0 saturated heterocycles. The summed E-state index contributed by atoms with van der Waals surface area (Å²) in [5.74, 6) is 1.17. The van der Waals surface area contributed by atoms with E-state index in [1.807, 2.05) is 55.5 Å². The third-order valence-corrected chi connectivity index (χ3v) is 3.63. The zero-order valence-electron chi connectivity index (χ0n) is 11.8. The molecule has 0 aliphatic rings. The summed E-state index contributed by atoms with van der Waals surface area (Å²) in [5, 5.41) is 4.20. The van der Waals surface area contributed by atoms with Crippen LogP contribution in [0.1, 0.15) is 5.56 Å². The van der Waals surface area contributed by atoms with Crippen LogP contribution < -0.4 is 5.32 Å². The van der Waals surface area contributed by atoms with Crippen LogP contribution in [0.3, 0.4) is 0 Å². The van der Waals surface area contributed by atoms with E-state index in [4.69, 9.17) is 23.2 Å². The van der Waals surface area contributed by atoms with Crippen molar-refractivity contribution in [1.29, 1.82) is 0 Å². The Labute approximate surface area is 139 Å². The van der Waals surface area contributed by atoms with E-state index in [1.165, 1.54) is 0 Å². The SMILES string of the molecule is Cc1ccc(Cl)c(Nc2cc(Cl)nc(-c3ccccc3)n2)c1. The molecule has 22 heavy (non-hydrogen) atoms. The third kappa shape index (κ3) is 3.38. The first-order chi connectivity index (χ1) is 10.6. The van der Waals surface area contributed by atoms with Gasteiger partial charge in [0.2, 0.25) is 0 Å². The summed E-state index contributed by atoms with van der Waals surface area (Å²) in [7, 11) is 0. The van der Waals surface area contributed by atoms with Gasteiger partial charge in [0.05, 0.1) is 10.7 Å². The predicted molar refractivity (Wildman–Crippen MR) is 91.9 cm³/mol. The Bertz CT molecular complexity index is 804. The van der Waals surface area contributed by atoms with Gasteiger partial charge in [0.25, 0.3) is 0 Å². The Balaban J connectivity index is 1.98. The maximum absolute atomic E-state index is 6.20. The molecule has 0 saturated carbocycles. The fourth-order valence-electron chi connectivity index (χ4n) is 2.07. The van der Waals surface area contributed by atoms with Gasteiger partial charge in [0.15, 0.2) is 5.82 Å². The van der Waals surface area contributed by atoms with Crippen LogP contribution in [0.15, 0.2) is 54.6 Å². The third-order valence-electron chi connectivity index (χ3n) is 3.11. The van der Waals surface area contributed by atoms with Gasteiger partial charge in [0.1, 0.15) is 11.0 Å². The average Bonchev–Trinajstić information content (AvgIpc) is 2.51. The lowest BCUT2D eigenvalue weighted by Crippen LogP contribution is -1.98. The summed E-state index contributed by atoms with van der Waals surface area (Å²) in [6.45, 7) is 2.00. The number of halogens is 2. The molecule has 0 radical (unpaired) electrons. The average molecular weight is 330 g/mol. The Morgan fingerprint density at radius 1 is 0.909 bits per heavy atom. The minimum atomic E-state index is 0.375. The normalized spacial score (nSPS) is 10.5. The number of hydrogen-bond acceptors (Lipinski definition) is 3. The molecule has 1 N–H and O–H groups in total. The number of nitrogens with zero attached hydrogens (tertiary/aromatic N) is 2. The Morgan fingerprint density at radius 2 is 1.68 bits per heavy atom. The molecule has 110 valence electrons. The highest BCUT2D eigenvalue weighted by Crippen LogP contribution is 2.27. The van der Waals surface area contributed by atoms with Crippen molar-refractivity contribution in [2.45, 2.75) is 6.92 Å². The quantitative estimate of drug-likeness (QED) is 0.644. The molecule has 1 heterocycles. The molecule has 0 unspecified atom stereocenters. The number of rotatable bonds is 3. The second kappa shape index (κ2) is 6.34.